The molecule has 6 nitrogen and oxygen atoms in total. The molecule has 0 atom stereocenters. The molecule has 0 bridgehead atoms. The van der Waals surface area contributed by atoms with Gasteiger partial charge in [-0.2, -0.15) is 0 Å². The molecule has 1 heterocycles. The molecular weight excluding hydrogens is 412 g/mol. The Morgan fingerprint density at radius 1 is 0.935 bits per heavy atom. The number of hydrogen-bond acceptors (Lipinski definition) is 4. The van der Waals surface area contributed by atoms with Crippen LogP contribution < -0.4 is 14.4 Å². The lowest BCUT2D eigenvalue weighted by Gasteiger charge is -2.31. The number of para-hydroxylation sites is 2. The van der Waals surface area contributed by atoms with E-state index in [9.17, 15) is 13.2 Å². The van der Waals surface area contributed by atoms with Crippen LogP contribution in [0.25, 0.3) is 11.1 Å². The average Bonchev–Trinajstić information content (AvgIpc) is 2.80. The second-order valence-electron chi connectivity index (χ2n) is 7.29. The molecule has 0 radical (unpaired) electrons. The second-order valence-corrected chi connectivity index (χ2v) is 9.12. The maximum absolute atomic E-state index is 13.2. The monoisotopic (exact) mass is 436 g/mol. The van der Waals surface area contributed by atoms with Gasteiger partial charge in [-0.15, -0.1) is 0 Å². The van der Waals surface area contributed by atoms with E-state index in [1.807, 2.05) is 42.5 Å². The first-order valence-corrected chi connectivity index (χ1v) is 11.6. The molecule has 7 heteroatoms. The number of amides is 1. The lowest BCUT2D eigenvalue weighted by Crippen LogP contribution is -2.42. The highest BCUT2D eigenvalue weighted by atomic mass is 32.2. The van der Waals surface area contributed by atoms with E-state index in [1.165, 1.54) is 4.31 Å². The van der Waals surface area contributed by atoms with Gasteiger partial charge in [0.05, 0.1) is 17.7 Å². The molecule has 0 spiro atoms. The van der Waals surface area contributed by atoms with Gasteiger partial charge >= 0.3 is 0 Å². The number of hydrogen-bond donors (Lipinski definition) is 1. The first-order chi connectivity index (χ1) is 15.0. The first kappa shape index (κ1) is 20.9. The number of carbonyl (C=O) groups is 1. The molecule has 3 aromatic rings. The number of nitrogens with one attached hydrogen (secondary N) is 1. The molecule has 4 rings (SSSR count). The number of benzene rings is 3. The summed E-state index contributed by atoms with van der Waals surface area (Å²) in [5, 5.41) is 2.84. The summed E-state index contributed by atoms with van der Waals surface area (Å²) in [5.41, 5.74) is 3.05. The molecule has 0 aromatic heterocycles. The van der Waals surface area contributed by atoms with Crippen molar-refractivity contribution in [2.75, 3.05) is 24.5 Å². The van der Waals surface area contributed by atoms with Gasteiger partial charge in [0.2, 0.25) is 5.91 Å². The van der Waals surface area contributed by atoms with Crippen LogP contribution in [0, 0.1) is 0 Å². The van der Waals surface area contributed by atoms with Crippen LogP contribution in [-0.2, 0) is 21.2 Å². The number of fused-ring (bicyclic) bond motifs is 3. The second kappa shape index (κ2) is 8.81. The van der Waals surface area contributed by atoms with Gasteiger partial charge < -0.3 is 10.1 Å². The summed E-state index contributed by atoms with van der Waals surface area (Å²) in [5.74, 6) is 0.487. The molecule has 0 fully saturated rings. The maximum atomic E-state index is 13.2. The number of sulfonamides is 1. The van der Waals surface area contributed by atoms with Crippen molar-refractivity contribution in [2.24, 2.45) is 0 Å². The fourth-order valence-corrected chi connectivity index (χ4v) is 5.50. The van der Waals surface area contributed by atoms with E-state index >= 15 is 0 Å². The number of nitrogens with zero attached hydrogens (tertiary/aromatic N) is 1. The molecular formula is C24H24N2O4S. The van der Waals surface area contributed by atoms with Crippen molar-refractivity contribution in [1.29, 1.82) is 0 Å². The molecule has 0 saturated heterocycles. The van der Waals surface area contributed by atoms with Crippen LogP contribution in [0.1, 0.15) is 12.0 Å². The Balaban J connectivity index is 1.45. The van der Waals surface area contributed by atoms with E-state index in [4.69, 9.17) is 4.74 Å². The first-order valence-electron chi connectivity index (χ1n) is 10.1. The van der Waals surface area contributed by atoms with Crippen molar-refractivity contribution in [3.05, 3.63) is 78.4 Å². The van der Waals surface area contributed by atoms with E-state index in [2.05, 4.69) is 5.32 Å². The van der Waals surface area contributed by atoms with E-state index in [1.54, 1.807) is 37.4 Å². The van der Waals surface area contributed by atoms with Crippen LogP contribution >= 0.6 is 0 Å². The summed E-state index contributed by atoms with van der Waals surface area (Å²) in [4.78, 5) is 12.8. The molecule has 0 aliphatic carbocycles. The molecule has 1 aliphatic rings. The normalized spacial score (nSPS) is 13.8. The molecule has 0 unspecified atom stereocenters. The minimum atomic E-state index is -3.82. The van der Waals surface area contributed by atoms with Crippen molar-refractivity contribution in [1.82, 2.24) is 5.32 Å². The van der Waals surface area contributed by atoms with Crippen molar-refractivity contribution in [2.45, 2.75) is 17.7 Å². The summed E-state index contributed by atoms with van der Waals surface area (Å²) >= 11 is 0. The van der Waals surface area contributed by atoms with Gasteiger partial charge in [0, 0.05) is 17.7 Å². The molecule has 160 valence electrons. The van der Waals surface area contributed by atoms with Gasteiger partial charge in [-0.25, -0.2) is 8.42 Å². The maximum Gasteiger partial charge on any atom is 0.265 e. The Hall–Kier alpha value is -3.32. The Kier molecular flexibility index (Phi) is 5.95. The van der Waals surface area contributed by atoms with Crippen LogP contribution in [0.5, 0.6) is 5.75 Å². The summed E-state index contributed by atoms with van der Waals surface area (Å²) in [6, 6.07) is 21.9. The fourth-order valence-electron chi connectivity index (χ4n) is 3.85. The van der Waals surface area contributed by atoms with Gasteiger partial charge in [-0.05, 0) is 36.6 Å². The zero-order valence-electron chi connectivity index (χ0n) is 17.2. The van der Waals surface area contributed by atoms with Gasteiger partial charge in [0.25, 0.3) is 10.0 Å². The third-order valence-corrected chi connectivity index (χ3v) is 7.16. The third kappa shape index (κ3) is 4.14. The number of anilines is 1. The van der Waals surface area contributed by atoms with Crippen LogP contribution in [0.15, 0.2) is 77.7 Å². The standard InChI is InChI=1S/C24H24N2O4S/c1-30-22-14-6-2-9-18(22)10-8-16-25-24(27)17-26-21-13-5-3-11-19(21)20-12-4-7-15-23(20)31(26,28)29/h2-7,9,11-15H,8,10,16-17H2,1H3,(H,25,27). The van der Waals surface area contributed by atoms with Crippen molar-refractivity contribution < 1.29 is 17.9 Å². The lowest BCUT2D eigenvalue weighted by atomic mass is 10.0. The van der Waals surface area contributed by atoms with Crippen molar-refractivity contribution in [3.63, 3.8) is 0 Å². The number of carbonyl (C=O) groups excluding carboxylic acids is 1. The highest BCUT2D eigenvalue weighted by Crippen LogP contribution is 2.42. The summed E-state index contributed by atoms with van der Waals surface area (Å²) in [6.45, 7) is 0.186. The van der Waals surface area contributed by atoms with E-state index < -0.39 is 10.0 Å². The quantitative estimate of drug-likeness (QED) is 0.574. The van der Waals surface area contributed by atoms with Crippen LogP contribution in [0.3, 0.4) is 0 Å². The van der Waals surface area contributed by atoms with Gasteiger partial charge in [0.15, 0.2) is 0 Å². The third-order valence-electron chi connectivity index (χ3n) is 5.34. The summed E-state index contributed by atoms with van der Waals surface area (Å²) in [6.07, 6.45) is 1.47. The Labute approximate surface area is 182 Å². The minimum Gasteiger partial charge on any atom is -0.496 e. The van der Waals surface area contributed by atoms with Crippen molar-refractivity contribution in [3.8, 4) is 16.9 Å². The fraction of sp³-hybridized carbons (Fsp3) is 0.208. The zero-order chi connectivity index (χ0) is 21.8. The predicted molar refractivity (Wildman–Crippen MR) is 121 cm³/mol. The van der Waals surface area contributed by atoms with E-state index in [-0.39, 0.29) is 17.3 Å². The Morgan fingerprint density at radius 2 is 1.61 bits per heavy atom. The largest absolute Gasteiger partial charge is 0.496 e. The van der Waals surface area contributed by atoms with Gasteiger partial charge in [-0.1, -0.05) is 54.6 Å². The predicted octanol–water partition coefficient (Wildman–Crippen LogP) is 3.62. The molecule has 0 saturated carbocycles. The number of rotatable bonds is 7. The highest BCUT2D eigenvalue weighted by Gasteiger charge is 2.35. The Bertz CT molecular complexity index is 1210. The molecule has 31 heavy (non-hydrogen) atoms. The van der Waals surface area contributed by atoms with Crippen molar-refractivity contribution >= 4 is 21.6 Å². The van der Waals surface area contributed by atoms with Gasteiger partial charge in [0.1, 0.15) is 12.3 Å². The topological polar surface area (TPSA) is 75.7 Å². The smallest absolute Gasteiger partial charge is 0.265 e. The SMILES string of the molecule is COc1ccccc1CCCNC(=O)CN1c2ccccc2-c2ccccc2S1(=O)=O. The molecule has 1 N–H and O–H groups in total. The van der Waals surface area contributed by atoms with Crippen LogP contribution in [0.4, 0.5) is 5.69 Å². The number of aryl methyl sites for hydroxylation is 1. The van der Waals surface area contributed by atoms with Gasteiger partial charge in [-0.3, -0.25) is 9.10 Å². The average molecular weight is 437 g/mol. The summed E-state index contributed by atoms with van der Waals surface area (Å²) in [7, 11) is -2.18. The molecule has 1 aliphatic heterocycles. The number of ether oxygens (including phenoxy) is 1. The number of methoxy groups -OCH3 is 1. The van der Waals surface area contributed by atoms with Crippen LogP contribution in [-0.4, -0.2) is 34.5 Å². The van der Waals surface area contributed by atoms with E-state index in [0.717, 1.165) is 29.7 Å². The zero-order valence-corrected chi connectivity index (χ0v) is 18.1. The highest BCUT2D eigenvalue weighted by molar-refractivity contribution is 7.93. The lowest BCUT2D eigenvalue weighted by molar-refractivity contribution is -0.119. The molecule has 1 amide bonds. The Morgan fingerprint density at radius 3 is 2.42 bits per heavy atom. The molecule has 3 aromatic carbocycles. The van der Waals surface area contributed by atoms with Crippen LogP contribution in [0.2, 0.25) is 0 Å². The minimum absolute atomic E-state index is 0.220. The summed E-state index contributed by atoms with van der Waals surface area (Å²) < 4.78 is 33.0. The van der Waals surface area contributed by atoms with E-state index in [0.29, 0.717) is 17.8 Å².